The fraction of sp³-hybridized carbons (Fsp3) is 0.333. The second-order valence-electron chi connectivity index (χ2n) is 6.92. The van der Waals surface area contributed by atoms with Crippen LogP contribution in [0.3, 0.4) is 0 Å². The molecule has 166 valence electrons. The first kappa shape index (κ1) is 23.1. The van der Waals surface area contributed by atoms with Gasteiger partial charge in [0.15, 0.2) is 0 Å². The summed E-state index contributed by atoms with van der Waals surface area (Å²) < 4.78 is 43.6. The number of esters is 1. The number of rotatable bonds is 6. The standard InChI is InChI=1S/C21H24N2O6S2/c1-3-29-21(25)17-6-10-19(11-7-17)31(27,28)23-14-12-22(13-15-23)20(24)16-4-8-18(9-5-16)30(2)26/h4-11H,3,12-15H2,1-2H3/t30-/m0/s1. The van der Waals surface area contributed by atoms with Gasteiger partial charge in [-0.3, -0.25) is 9.00 Å². The van der Waals surface area contributed by atoms with Crippen LogP contribution in [0.4, 0.5) is 0 Å². The highest BCUT2D eigenvalue weighted by Crippen LogP contribution is 2.20. The van der Waals surface area contributed by atoms with Crippen molar-refractivity contribution < 1.29 is 27.0 Å². The normalized spacial score (nSPS) is 16.0. The number of carbonyl (C=O) groups excluding carboxylic acids is 2. The highest BCUT2D eigenvalue weighted by atomic mass is 32.2. The monoisotopic (exact) mass is 464 g/mol. The zero-order valence-electron chi connectivity index (χ0n) is 17.3. The van der Waals surface area contributed by atoms with Crippen molar-refractivity contribution in [3.63, 3.8) is 0 Å². The zero-order chi connectivity index (χ0) is 22.6. The molecular formula is C21H24N2O6S2. The lowest BCUT2D eigenvalue weighted by atomic mass is 10.2. The lowest BCUT2D eigenvalue weighted by Crippen LogP contribution is -2.50. The van der Waals surface area contributed by atoms with Gasteiger partial charge in [-0.25, -0.2) is 13.2 Å². The molecule has 0 bridgehead atoms. The van der Waals surface area contributed by atoms with Crippen molar-refractivity contribution >= 4 is 32.7 Å². The van der Waals surface area contributed by atoms with E-state index in [2.05, 4.69) is 0 Å². The average molecular weight is 465 g/mol. The molecule has 1 aliphatic rings. The molecule has 0 aliphatic carbocycles. The third-order valence-corrected chi connectivity index (χ3v) is 7.81. The molecule has 0 radical (unpaired) electrons. The fourth-order valence-corrected chi connectivity index (χ4v) is 5.17. The number of hydrogen-bond donors (Lipinski definition) is 0. The van der Waals surface area contributed by atoms with Crippen molar-refractivity contribution in [2.24, 2.45) is 0 Å². The molecule has 0 aromatic heterocycles. The Balaban J connectivity index is 1.64. The van der Waals surface area contributed by atoms with E-state index in [1.165, 1.54) is 28.6 Å². The van der Waals surface area contributed by atoms with Gasteiger partial charge in [-0.15, -0.1) is 0 Å². The molecule has 31 heavy (non-hydrogen) atoms. The molecule has 3 rings (SSSR count). The lowest BCUT2D eigenvalue weighted by molar-refractivity contribution is 0.0526. The van der Waals surface area contributed by atoms with E-state index < -0.39 is 26.8 Å². The van der Waals surface area contributed by atoms with Crippen molar-refractivity contribution in [1.82, 2.24) is 9.21 Å². The second kappa shape index (κ2) is 9.71. The van der Waals surface area contributed by atoms with Gasteiger partial charge in [-0.2, -0.15) is 4.31 Å². The van der Waals surface area contributed by atoms with Crippen LogP contribution in [0.5, 0.6) is 0 Å². The SMILES string of the molecule is CCOC(=O)c1ccc(S(=O)(=O)N2CCN(C(=O)c3ccc([S@](C)=O)cc3)CC2)cc1. The molecular weight excluding hydrogens is 440 g/mol. The third kappa shape index (κ3) is 5.20. The number of ether oxygens (including phenoxy) is 1. The van der Waals surface area contributed by atoms with Gasteiger partial charge < -0.3 is 9.64 Å². The van der Waals surface area contributed by atoms with Crippen molar-refractivity contribution in [1.29, 1.82) is 0 Å². The highest BCUT2D eigenvalue weighted by molar-refractivity contribution is 7.89. The maximum Gasteiger partial charge on any atom is 0.338 e. The predicted molar refractivity (Wildman–Crippen MR) is 116 cm³/mol. The number of nitrogens with zero attached hydrogens (tertiary/aromatic N) is 2. The number of hydrogen-bond acceptors (Lipinski definition) is 6. The minimum absolute atomic E-state index is 0.0866. The molecule has 10 heteroatoms. The van der Waals surface area contributed by atoms with Crippen LogP contribution < -0.4 is 0 Å². The Labute approximate surface area is 184 Å². The minimum atomic E-state index is -3.74. The number of sulfonamides is 1. The smallest absolute Gasteiger partial charge is 0.338 e. The first-order valence-corrected chi connectivity index (χ1v) is 12.7. The summed E-state index contributed by atoms with van der Waals surface area (Å²) in [5.74, 6) is -0.693. The summed E-state index contributed by atoms with van der Waals surface area (Å²) in [5.41, 5.74) is 0.759. The van der Waals surface area contributed by atoms with Crippen molar-refractivity contribution in [2.75, 3.05) is 39.0 Å². The van der Waals surface area contributed by atoms with E-state index in [-0.39, 0.29) is 49.2 Å². The molecule has 1 atom stereocenters. The van der Waals surface area contributed by atoms with E-state index in [9.17, 15) is 22.2 Å². The lowest BCUT2D eigenvalue weighted by Gasteiger charge is -2.34. The molecule has 2 aromatic carbocycles. The second-order valence-corrected chi connectivity index (χ2v) is 10.2. The quantitative estimate of drug-likeness (QED) is 0.604. The van der Waals surface area contributed by atoms with Crippen LogP contribution in [0, 0.1) is 0 Å². The average Bonchev–Trinajstić information content (AvgIpc) is 2.79. The number of amides is 1. The molecule has 0 spiro atoms. The maximum atomic E-state index is 12.9. The van der Waals surface area contributed by atoms with Crippen LogP contribution in [0.2, 0.25) is 0 Å². The first-order chi connectivity index (χ1) is 14.7. The van der Waals surface area contributed by atoms with Gasteiger partial charge in [-0.05, 0) is 55.5 Å². The van der Waals surface area contributed by atoms with Gasteiger partial charge in [0.1, 0.15) is 0 Å². The Kier molecular flexibility index (Phi) is 7.24. The molecule has 1 heterocycles. The van der Waals surface area contributed by atoms with E-state index in [1.54, 1.807) is 42.3 Å². The minimum Gasteiger partial charge on any atom is -0.462 e. The Hall–Kier alpha value is -2.56. The summed E-state index contributed by atoms with van der Waals surface area (Å²) in [6, 6.07) is 12.2. The van der Waals surface area contributed by atoms with E-state index in [0.717, 1.165) is 0 Å². The summed E-state index contributed by atoms with van der Waals surface area (Å²) in [6.07, 6.45) is 1.57. The topological polar surface area (TPSA) is 101 Å². The summed E-state index contributed by atoms with van der Waals surface area (Å²) >= 11 is 0. The van der Waals surface area contributed by atoms with E-state index >= 15 is 0 Å². The largest absolute Gasteiger partial charge is 0.462 e. The maximum absolute atomic E-state index is 12.9. The Morgan fingerprint density at radius 1 is 0.935 bits per heavy atom. The van der Waals surface area contributed by atoms with Gasteiger partial charge in [0, 0.05) is 53.7 Å². The van der Waals surface area contributed by atoms with Crippen LogP contribution in [-0.4, -0.2) is 72.7 Å². The third-order valence-electron chi connectivity index (χ3n) is 4.96. The molecule has 0 saturated carbocycles. The van der Waals surface area contributed by atoms with Gasteiger partial charge in [0.05, 0.1) is 17.1 Å². The Morgan fingerprint density at radius 3 is 2.00 bits per heavy atom. The van der Waals surface area contributed by atoms with Crippen molar-refractivity contribution in [3.8, 4) is 0 Å². The molecule has 2 aromatic rings. The number of piperazine rings is 1. The molecule has 1 saturated heterocycles. The molecule has 1 fully saturated rings. The summed E-state index contributed by atoms with van der Waals surface area (Å²) in [6.45, 7) is 2.81. The first-order valence-electron chi connectivity index (χ1n) is 9.74. The molecule has 0 N–H and O–H groups in total. The van der Waals surface area contributed by atoms with Gasteiger partial charge >= 0.3 is 5.97 Å². The van der Waals surface area contributed by atoms with Crippen LogP contribution in [-0.2, 0) is 25.6 Å². The van der Waals surface area contributed by atoms with Crippen LogP contribution >= 0.6 is 0 Å². The van der Waals surface area contributed by atoms with Gasteiger partial charge in [-0.1, -0.05) is 0 Å². The van der Waals surface area contributed by atoms with Gasteiger partial charge in [0.2, 0.25) is 10.0 Å². The fourth-order valence-electron chi connectivity index (χ4n) is 3.23. The summed E-state index contributed by atoms with van der Waals surface area (Å²) in [7, 11) is -4.85. The molecule has 1 aliphatic heterocycles. The van der Waals surface area contributed by atoms with Crippen LogP contribution in [0.25, 0.3) is 0 Å². The van der Waals surface area contributed by atoms with E-state index in [4.69, 9.17) is 4.74 Å². The number of carbonyl (C=O) groups is 2. The Morgan fingerprint density at radius 2 is 1.48 bits per heavy atom. The van der Waals surface area contributed by atoms with Crippen LogP contribution in [0.1, 0.15) is 27.6 Å². The van der Waals surface area contributed by atoms with Crippen LogP contribution in [0.15, 0.2) is 58.3 Å². The zero-order valence-corrected chi connectivity index (χ0v) is 18.9. The van der Waals surface area contributed by atoms with Crippen molar-refractivity contribution in [3.05, 3.63) is 59.7 Å². The molecule has 8 nitrogen and oxygen atoms in total. The molecule has 1 amide bonds. The van der Waals surface area contributed by atoms with E-state index in [1.807, 2.05) is 0 Å². The van der Waals surface area contributed by atoms with E-state index in [0.29, 0.717) is 10.5 Å². The highest BCUT2D eigenvalue weighted by Gasteiger charge is 2.30. The number of benzene rings is 2. The predicted octanol–water partition coefficient (Wildman–Crippen LogP) is 1.75. The van der Waals surface area contributed by atoms with Crippen molar-refractivity contribution in [2.45, 2.75) is 16.7 Å². The summed E-state index contributed by atoms with van der Waals surface area (Å²) in [5, 5.41) is 0. The summed E-state index contributed by atoms with van der Waals surface area (Å²) in [4.78, 5) is 26.8. The molecule has 0 unspecified atom stereocenters. The Bertz CT molecular complexity index is 1070. The van der Waals surface area contributed by atoms with Gasteiger partial charge in [0.25, 0.3) is 5.91 Å².